The van der Waals surface area contributed by atoms with Crippen molar-refractivity contribution in [3.05, 3.63) is 64.7 Å². The highest BCUT2D eigenvalue weighted by Gasteiger charge is 2.27. The highest BCUT2D eigenvalue weighted by molar-refractivity contribution is 7.89. The van der Waals surface area contributed by atoms with E-state index in [1.807, 2.05) is 12.1 Å². The first-order valence-corrected chi connectivity index (χ1v) is 11.3. The van der Waals surface area contributed by atoms with Gasteiger partial charge >= 0.3 is 5.97 Å². The Morgan fingerprint density at radius 3 is 2.24 bits per heavy atom. The van der Waals surface area contributed by atoms with Crippen molar-refractivity contribution < 1.29 is 22.7 Å². The van der Waals surface area contributed by atoms with E-state index in [9.17, 15) is 18.0 Å². The van der Waals surface area contributed by atoms with Crippen molar-refractivity contribution >= 4 is 21.8 Å². The number of sulfonamides is 1. The van der Waals surface area contributed by atoms with Crippen molar-refractivity contribution in [3.63, 3.8) is 0 Å². The molecular formula is C22H23NO5S. The number of rotatable bonds is 6. The normalized spacial score (nSPS) is 16.6. The lowest BCUT2D eigenvalue weighted by molar-refractivity contribution is 0.0474. The van der Waals surface area contributed by atoms with E-state index >= 15 is 0 Å². The second kappa shape index (κ2) is 8.08. The SMILES string of the molecule is O=C(COC(=O)c1ccc(S(=O)(=O)N2CCCC2)cc1)c1ccc2c(c1)CCC2. The minimum atomic E-state index is -3.52. The zero-order chi connectivity index (χ0) is 20.4. The molecule has 4 rings (SSSR count). The third-order valence-corrected chi connectivity index (χ3v) is 7.46. The molecule has 0 radical (unpaired) electrons. The summed E-state index contributed by atoms with van der Waals surface area (Å²) in [4.78, 5) is 24.8. The summed E-state index contributed by atoms with van der Waals surface area (Å²) in [6.07, 6.45) is 4.85. The Bertz CT molecular complexity index is 1040. The van der Waals surface area contributed by atoms with Crippen molar-refractivity contribution in [2.45, 2.75) is 37.0 Å². The zero-order valence-electron chi connectivity index (χ0n) is 16.1. The molecule has 2 aliphatic rings. The number of nitrogens with zero attached hydrogens (tertiary/aromatic N) is 1. The number of benzene rings is 2. The molecule has 1 heterocycles. The summed E-state index contributed by atoms with van der Waals surface area (Å²) >= 11 is 0. The number of hydrogen-bond donors (Lipinski definition) is 0. The van der Waals surface area contributed by atoms with Crippen LogP contribution < -0.4 is 0 Å². The molecule has 1 aliphatic heterocycles. The van der Waals surface area contributed by atoms with Gasteiger partial charge in [-0.25, -0.2) is 13.2 Å². The smallest absolute Gasteiger partial charge is 0.338 e. The van der Waals surface area contributed by atoms with E-state index < -0.39 is 16.0 Å². The lowest BCUT2D eigenvalue weighted by Gasteiger charge is -2.15. The Balaban J connectivity index is 1.38. The van der Waals surface area contributed by atoms with Crippen molar-refractivity contribution in [1.29, 1.82) is 0 Å². The van der Waals surface area contributed by atoms with E-state index in [0.717, 1.165) is 32.1 Å². The Kier molecular flexibility index (Phi) is 5.52. The van der Waals surface area contributed by atoms with Crippen LogP contribution in [0.15, 0.2) is 47.4 Å². The molecular weight excluding hydrogens is 390 g/mol. The lowest BCUT2D eigenvalue weighted by Crippen LogP contribution is -2.27. The molecule has 0 bridgehead atoms. The van der Waals surface area contributed by atoms with Gasteiger partial charge in [0.1, 0.15) is 0 Å². The van der Waals surface area contributed by atoms with E-state index in [1.165, 1.54) is 39.7 Å². The minimum Gasteiger partial charge on any atom is -0.454 e. The number of ether oxygens (including phenoxy) is 1. The maximum Gasteiger partial charge on any atom is 0.338 e. The molecule has 0 N–H and O–H groups in total. The summed E-state index contributed by atoms with van der Waals surface area (Å²) in [5.74, 6) is -0.897. The molecule has 29 heavy (non-hydrogen) atoms. The predicted octanol–water partition coefficient (Wildman–Crippen LogP) is 3.00. The zero-order valence-corrected chi connectivity index (χ0v) is 16.9. The fraction of sp³-hybridized carbons (Fsp3) is 0.364. The molecule has 0 spiro atoms. The molecule has 0 saturated carbocycles. The molecule has 2 aromatic carbocycles. The Morgan fingerprint density at radius 2 is 1.52 bits per heavy atom. The molecule has 0 amide bonds. The summed E-state index contributed by atoms with van der Waals surface area (Å²) in [7, 11) is -3.52. The van der Waals surface area contributed by atoms with Gasteiger partial charge in [0.2, 0.25) is 10.0 Å². The molecule has 0 aromatic heterocycles. The van der Waals surface area contributed by atoms with Gasteiger partial charge in [-0.3, -0.25) is 4.79 Å². The first-order chi connectivity index (χ1) is 13.9. The molecule has 2 aromatic rings. The number of aryl methyl sites for hydroxylation is 2. The second-order valence-corrected chi connectivity index (χ2v) is 9.41. The largest absolute Gasteiger partial charge is 0.454 e. The number of ketones is 1. The van der Waals surface area contributed by atoms with Crippen molar-refractivity contribution in [2.75, 3.05) is 19.7 Å². The number of esters is 1. The van der Waals surface area contributed by atoms with E-state index in [2.05, 4.69) is 0 Å². The maximum absolute atomic E-state index is 12.5. The number of carbonyl (C=O) groups excluding carboxylic acids is 2. The van der Waals surface area contributed by atoms with Crippen LogP contribution in [0.5, 0.6) is 0 Å². The fourth-order valence-corrected chi connectivity index (χ4v) is 5.40. The Morgan fingerprint density at radius 1 is 0.862 bits per heavy atom. The lowest BCUT2D eigenvalue weighted by atomic mass is 10.0. The van der Waals surface area contributed by atoms with Gasteiger partial charge in [0.05, 0.1) is 10.5 Å². The van der Waals surface area contributed by atoms with Crippen LogP contribution in [0.1, 0.15) is 51.1 Å². The Hall–Kier alpha value is -2.51. The fourth-order valence-electron chi connectivity index (χ4n) is 3.88. The van der Waals surface area contributed by atoms with Crippen LogP contribution in [0.3, 0.4) is 0 Å². The third-order valence-electron chi connectivity index (χ3n) is 5.55. The van der Waals surface area contributed by atoms with Crippen LogP contribution in [0.2, 0.25) is 0 Å². The summed E-state index contributed by atoms with van der Waals surface area (Å²) in [6.45, 7) is 0.708. The minimum absolute atomic E-state index is 0.158. The number of Topliss-reactive ketones (excluding diaryl/α,β-unsaturated/α-hetero) is 1. The molecule has 1 fully saturated rings. The van der Waals surface area contributed by atoms with Crippen LogP contribution in [-0.2, 0) is 27.6 Å². The molecule has 152 valence electrons. The third kappa shape index (κ3) is 4.11. The van der Waals surface area contributed by atoms with Crippen LogP contribution >= 0.6 is 0 Å². The van der Waals surface area contributed by atoms with Crippen molar-refractivity contribution in [2.24, 2.45) is 0 Å². The summed E-state index contributed by atoms with van der Waals surface area (Å²) < 4.78 is 31.7. The van der Waals surface area contributed by atoms with Gasteiger partial charge in [0, 0.05) is 18.7 Å². The highest BCUT2D eigenvalue weighted by atomic mass is 32.2. The van der Waals surface area contributed by atoms with Crippen molar-refractivity contribution in [3.8, 4) is 0 Å². The summed E-state index contributed by atoms with van der Waals surface area (Å²) in [5.41, 5.74) is 3.23. The summed E-state index contributed by atoms with van der Waals surface area (Å²) in [6, 6.07) is 11.3. The number of carbonyl (C=O) groups is 2. The van der Waals surface area contributed by atoms with Crippen molar-refractivity contribution in [1.82, 2.24) is 4.31 Å². The van der Waals surface area contributed by atoms with E-state index in [1.54, 1.807) is 6.07 Å². The van der Waals surface area contributed by atoms with E-state index in [0.29, 0.717) is 18.7 Å². The molecule has 0 atom stereocenters. The molecule has 6 nitrogen and oxygen atoms in total. The van der Waals surface area contributed by atoms with Gasteiger partial charge in [-0.2, -0.15) is 4.31 Å². The predicted molar refractivity (Wildman–Crippen MR) is 108 cm³/mol. The number of fused-ring (bicyclic) bond motifs is 1. The molecule has 1 saturated heterocycles. The van der Waals surface area contributed by atoms with E-state index in [-0.39, 0.29) is 22.8 Å². The molecule has 0 unspecified atom stereocenters. The van der Waals surface area contributed by atoms with Gasteiger partial charge in [-0.15, -0.1) is 0 Å². The van der Waals surface area contributed by atoms with Crippen LogP contribution in [0.25, 0.3) is 0 Å². The van der Waals surface area contributed by atoms with Crippen LogP contribution in [0.4, 0.5) is 0 Å². The second-order valence-electron chi connectivity index (χ2n) is 7.47. The van der Waals surface area contributed by atoms with Gasteiger partial charge in [-0.05, 0) is 73.6 Å². The van der Waals surface area contributed by atoms with Gasteiger partial charge < -0.3 is 4.74 Å². The van der Waals surface area contributed by atoms with E-state index in [4.69, 9.17) is 4.74 Å². The Labute approximate surface area is 170 Å². The standard InChI is InChI=1S/C22H23NO5S/c24-21(19-7-6-16-4-3-5-18(16)14-19)15-28-22(25)17-8-10-20(11-9-17)29(26,27)23-12-1-2-13-23/h6-11,14H,1-5,12-13,15H2. The summed E-state index contributed by atoms with van der Waals surface area (Å²) in [5, 5.41) is 0. The first kappa shape index (κ1) is 19.8. The van der Waals surface area contributed by atoms with Crippen LogP contribution in [0, 0.1) is 0 Å². The molecule has 1 aliphatic carbocycles. The number of hydrogen-bond acceptors (Lipinski definition) is 5. The van der Waals surface area contributed by atoms with Gasteiger partial charge in [0.25, 0.3) is 0 Å². The molecule has 7 heteroatoms. The quantitative estimate of drug-likeness (QED) is 0.537. The monoisotopic (exact) mass is 413 g/mol. The van der Waals surface area contributed by atoms with Gasteiger partial charge in [0.15, 0.2) is 12.4 Å². The average Bonchev–Trinajstić information content (AvgIpc) is 3.43. The highest BCUT2D eigenvalue weighted by Crippen LogP contribution is 2.23. The average molecular weight is 413 g/mol. The first-order valence-electron chi connectivity index (χ1n) is 9.87. The van der Waals surface area contributed by atoms with Gasteiger partial charge in [-0.1, -0.05) is 12.1 Å². The maximum atomic E-state index is 12.5. The van der Waals surface area contributed by atoms with Crippen LogP contribution in [-0.4, -0.2) is 44.2 Å². The topological polar surface area (TPSA) is 80.8 Å².